The summed E-state index contributed by atoms with van der Waals surface area (Å²) >= 11 is 0. The quantitative estimate of drug-likeness (QED) is 0.487. The molecule has 1 heterocycles. The first kappa shape index (κ1) is 23.8. The van der Waals surface area contributed by atoms with Crippen molar-refractivity contribution in [1.29, 1.82) is 0 Å². The van der Waals surface area contributed by atoms with Crippen LogP contribution in [0.4, 0.5) is 0 Å². The Labute approximate surface area is 193 Å². The van der Waals surface area contributed by atoms with E-state index in [2.05, 4.69) is 10.6 Å². The molecule has 0 spiro atoms. The molecule has 2 unspecified atom stereocenters. The first-order chi connectivity index (χ1) is 15.8. The highest BCUT2D eigenvalue weighted by atomic mass is 16.5. The molecule has 0 fully saturated rings. The average molecular weight is 449 g/mol. The summed E-state index contributed by atoms with van der Waals surface area (Å²) in [6.07, 6.45) is 1.59. The summed E-state index contributed by atoms with van der Waals surface area (Å²) in [7, 11) is 0. The van der Waals surface area contributed by atoms with Gasteiger partial charge in [-0.15, -0.1) is 0 Å². The summed E-state index contributed by atoms with van der Waals surface area (Å²) in [6.45, 7) is 5.46. The van der Waals surface area contributed by atoms with Gasteiger partial charge in [0.25, 0.3) is 11.8 Å². The second kappa shape index (κ2) is 11.1. The molecule has 7 heteroatoms. The van der Waals surface area contributed by atoms with Crippen molar-refractivity contribution >= 4 is 17.8 Å². The van der Waals surface area contributed by atoms with Crippen LogP contribution in [-0.2, 0) is 20.7 Å². The second-order valence-electron chi connectivity index (χ2n) is 7.93. The highest BCUT2D eigenvalue weighted by Gasteiger charge is 2.25. The van der Waals surface area contributed by atoms with Gasteiger partial charge in [-0.25, -0.2) is 4.79 Å². The number of benzene rings is 2. The topological polar surface area (TPSA) is 97.6 Å². The Bertz CT molecular complexity index is 1090. The van der Waals surface area contributed by atoms with Crippen LogP contribution in [0.25, 0.3) is 0 Å². The first-order valence-corrected chi connectivity index (χ1v) is 10.7. The molecule has 0 saturated carbocycles. The standard InChI is InChI=1S/C26H28N2O5/c1-17-11-12-21(14-18(17)2)19(3)27-24(29)16-33-26(31)22(15-20-8-5-4-6-9-20)28-25(30)23-10-7-13-32-23/h4-14,19,22H,15-16H2,1-3H3,(H,27,29)(H,28,30). The SMILES string of the molecule is Cc1ccc(C(C)NC(=O)COC(=O)C(Cc2ccccc2)NC(=O)c2ccco2)cc1C. The summed E-state index contributed by atoms with van der Waals surface area (Å²) in [6, 6.07) is 17.1. The highest BCUT2D eigenvalue weighted by Crippen LogP contribution is 2.16. The van der Waals surface area contributed by atoms with Crippen molar-refractivity contribution < 1.29 is 23.5 Å². The normalized spacial score (nSPS) is 12.5. The predicted octanol–water partition coefficient (Wildman–Crippen LogP) is 3.66. The molecule has 2 amide bonds. The Balaban J connectivity index is 1.59. The minimum atomic E-state index is -0.977. The fraction of sp³-hybridized carbons (Fsp3) is 0.269. The maximum absolute atomic E-state index is 12.7. The fourth-order valence-electron chi connectivity index (χ4n) is 3.32. The van der Waals surface area contributed by atoms with Crippen LogP contribution in [-0.4, -0.2) is 30.4 Å². The number of amides is 2. The molecule has 0 saturated heterocycles. The van der Waals surface area contributed by atoms with Crippen LogP contribution in [0.15, 0.2) is 71.3 Å². The Morgan fingerprint density at radius 2 is 1.70 bits per heavy atom. The minimum absolute atomic E-state index is 0.0841. The Kier molecular flexibility index (Phi) is 8.02. The van der Waals surface area contributed by atoms with Crippen molar-refractivity contribution in [3.05, 3.63) is 94.9 Å². The number of ether oxygens (including phenoxy) is 1. The van der Waals surface area contributed by atoms with Crippen LogP contribution < -0.4 is 10.6 Å². The zero-order valence-corrected chi connectivity index (χ0v) is 19.0. The Hall–Kier alpha value is -3.87. The van der Waals surface area contributed by atoms with E-state index in [1.165, 1.54) is 17.9 Å². The lowest BCUT2D eigenvalue weighted by Crippen LogP contribution is -2.44. The van der Waals surface area contributed by atoms with E-state index in [1.807, 2.05) is 69.3 Å². The van der Waals surface area contributed by atoms with Gasteiger partial charge < -0.3 is 19.8 Å². The van der Waals surface area contributed by atoms with Crippen molar-refractivity contribution in [3.63, 3.8) is 0 Å². The lowest BCUT2D eigenvalue weighted by atomic mass is 10.0. The maximum atomic E-state index is 12.7. The van der Waals surface area contributed by atoms with Crippen molar-refractivity contribution in [2.45, 2.75) is 39.3 Å². The third-order valence-corrected chi connectivity index (χ3v) is 5.37. The van der Waals surface area contributed by atoms with Crippen LogP contribution in [0.2, 0.25) is 0 Å². The lowest BCUT2D eigenvalue weighted by molar-refractivity contribution is -0.150. The first-order valence-electron chi connectivity index (χ1n) is 10.7. The number of aryl methyl sites for hydroxylation is 2. The summed E-state index contributed by atoms with van der Waals surface area (Å²) in [4.78, 5) is 37.5. The van der Waals surface area contributed by atoms with E-state index in [4.69, 9.17) is 9.15 Å². The van der Waals surface area contributed by atoms with Gasteiger partial charge in [-0.3, -0.25) is 9.59 Å². The molecule has 3 aromatic rings. The molecule has 0 aliphatic heterocycles. The number of nitrogens with one attached hydrogen (secondary N) is 2. The second-order valence-corrected chi connectivity index (χ2v) is 7.93. The molecular weight excluding hydrogens is 420 g/mol. The van der Waals surface area contributed by atoms with Gasteiger partial charge in [0.2, 0.25) is 0 Å². The number of carbonyl (C=O) groups is 3. The lowest BCUT2D eigenvalue weighted by Gasteiger charge is -2.19. The van der Waals surface area contributed by atoms with E-state index in [0.29, 0.717) is 0 Å². The summed E-state index contributed by atoms with van der Waals surface area (Å²) in [5, 5.41) is 5.46. The Morgan fingerprint density at radius 1 is 0.939 bits per heavy atom. The van der Waals surface area contributed by atoms with Crippen LogP contribution in [0.5, 0.6) is 0 Å². The number of hydrogen-bond acceptors (Lipinski definition) is 5. The zero-order chi connectivity index (χ0) is 23.8. The number of carbonyl (C=O) groups excluding carboxylic acids is 3. The van der Waals surface area contributed by atoms with Crippen molar-refractivity contribution in [1.82, 2.24) is 10.6 Å². The van der Waals surface area contributed by atoms with Crippen molar-refractivity contribution in [3.8, 4) is 0 Å². The van der Waals surface area contributed by atoms with E-state index in [9.17, 15) is 14.4 Å². The van der Waals surface area contributed by atoms with Gasteiger partial charge in [-0.2, -0.15) is 0 Å². The Morgan fingerprint density at radius 3 is 2.36 bits per heavy atom. The van der Waals surface area contributed by atoms with Gasteiger partial charge in [0.05, 0.1) is 12.3 Å². The van der Waals surface area contributed by atoms with Gasteiger partial charge >= 0.3 is 5.97 Å². The molecule has 0 radical (unpaired) electrons. The van der Waals surface area contributed by atoms with Crippen LogP contribution in [0, 0.1) is 13.8 Å². The number of rotatable bonds is 9. The van der Waals surface area contributed by atoms with E-state index >= 15 is 0 Å². The third-order valence-electron chi connectivity index (χ3n) is 5.37. The van der Waals surface area contributed by atoms with Crippen LogP contribution in [0.3, 0.4) is 0 Å². The molecule has 172 valence electrons. The summed E-state index contributed by atoms with van der Waals surface area (Å²) < 4.78 is 10.3. The number of esters is 1. The number of furan rings is 1. The molecule has 0 aliphatic rings. The van der Waals surface area contributed by atoms with E-state index in [1.54, 1.807) is 6.07 Å². The summed E-state index contributed by atoms with van der Waals surface area (Å²) in [5.74, 6) is -1.58. The zero-order valence-electron chi connectivity index (χ0n) is 19.0. The van der Waals surface area contributed by atoms with Crippen LogP contribution >= 0.6 is 0 Å². The largest absolute Gasteiger partial charge is 0.459 e. The van der Waals surface area contributed by atoms with Gasteiger partial charge in [0.1, 0.15) is 6.04 Å². The van der Waals surface area contributed by atoms with Gasteiger partial charge in [-0.05, 0) is 55.2 Å². The monoisotopic (exact) mass is 448 g/mol. The number of hydrogen-bond donors (Lipinski definition) is 2. The average Bonchev–Trinajstić information content (AvgIpc) is 3.34. The minimum Gasteiger partial charge on any atom is -0.459 e. The molecule has 7 nitrogen and oxygen atoms in total. The van der Waals surface area contributed by atoms with Crippen LogP contribution in [0.1, 0.15) is 45.8 Å². The molecule has 2 aromatic carbocycles. The fourth-order valence-corrected chi connectivity index (χ4v) is 3.32. The maximum Gasteiger partial charge on any atom is 0.329 e. The van der Waals surface area contributed by atoms with Crippen molar-refractivity contribution in [2.24, 2.45) is 0 Å². The third kappa shape index (κ3) is 6.80. The molecule has 2 atom stereocenters. The molecule has 0 bridgehead atoms. The molecular formula is C26H28N2O5. The van der Waals surface area contributed by atoms with E-state index in [0.717, 1.165) is 16.7 Å². The van der Waals surface area contributed by atoms with Gasteiger partial charge in [-0.1, -0.05) is 48.5 Å². The molecule has 33 heavy (non-hydrogen) atoms. The predicted molar refractivity (Wildman–Crippen MR) is 124 cm³/mol. The van der Waals surface area contributed by atoms with Gasteiger partial charge in [0, 0.05) is 6.42 Å². The highest BCUT2D eigenvalue weighted by molar-refractivity contribution is 5.94. The van der Waals surface area contributed by atoms with E-state index in [-0.39, 0.29) is 18.2 Å². The van der Waals surface area contributed by atoms with Gasteiger partial charge in [0.15, 0.2) is 12.4 Å². The van der Waals surface area contributed by atoms with Crippen molar-refractivity contribution in [2.75, 3.05) is 6.61 Å². The molecule has 3 rings (SSSR count). The molecule has 2 N–H and O–H groups in total. The smallest absolute Gasteiger partial charge is 0.329 e. The summed E-state index contributed by atoms with van der Waals surface area (Å²) in [5.41, 5.74) is 4.11. The molecule has 0 aliphatic carbocycles. The van der Waals surface area contributed by atoms with E-state index < -0.39 is 30.4 Å². The molecule has 1 aromatic heterocycles.